The van der Waals surface area contributed by atoms with Gasteiger partial charge in [0.15, 0.2) is 5.78 Å². The van der Waals surface area contributed by atoms with Crippen molar-refractivity contribution in [2.24, 2.45) is 0 Å². The maximum Gasteiger partial charge on any atom is 0.260 e. The summed E-state index contributed by atoms with van der Waals surface area (Å²) in [5.74, 6) is -0.818. The van der Waals surface area contributed by atoms with Crippen LogP contribution in [0.3, 0.4) is 0 Å². The molecule has 0 radical (unpaired) electrons. The Labute approximate surface area is 208 Å². The second-order valence-corrected chi connectivity index (χ2v) is 8.84. The van der Waals surface area contributed by atoms with Gasteiger partial charge in [-0.3, -0.25) is 9.59 Å². The molecule has 0 aliphatic carbocycles. The fraction of sp³-hybridized carbons (Fsp3) is 0.0667. The molecular formula is C30H21ClFNO2. The lowest BCUT2D eigenvalue weighted by Crippen LogP contribution is -2.26. The lowest BCUT2D eigenvalue weighted by atomic mass is 9.90. The van der Waals surface area contributed by atoms with Crippen LogP contribution in [0.5, 0.6) is 0 Å². The van der Waals surface area contributed by atoms with Crippen molar-refractivity contribution < 1.29 is 14.0 Å². The van der Waals surface area contributed by atoms with Crippen molar-refractivity contribution in [3.63, 3.8) is 0 Å². The normalized spacial score (nSPS) is 14.1. The molecule has 0 unspecified atom stereocenters. The van der Waals surface area contributed by atoms with Crippen LogP contribution in [-0.2, 0) is 11.3 Å². The quantitative estimate of drug-likeness (QED) is 0.223. The molecule has 0 spiro atoms. The van der Waals surface area contributed by atoms with Crippen LogP contribution >= 0.6 is 11.6 Å². The molecule has 0 saturated carbocycles. The molecule has 0 N–H and O–H groups in total. The van der Waals surface area contributed by atoms with Gasteiger partial charge in [-0.25, -0.2) is 4.39 Å². The summed E-state index contributed by atoms with van der Waals surface area (Å²) in [6, 6.07) is 28.6. The van der Waals surface area contributed by atoms with E-state index in [1.807, 2.05) is 48.5 Å². The van der Waals surface area contributed by atoms with Crippen LogP contribution in [0.1, 0.15) is 39.5 Å². The minimum atomic E-state index is -0.465. The number of nitrogens with zero attached hydrogens (tertiary/aromatic N) is 1. The number of carbonyl (C=O) groups is 2. The number of carbonyl (C=O) groups excluding carboxylic acids is 2. The number of rotatable bonds is 5. The van der Waals surface area contributed by atoms with Gasteiger partial charge in [0, 0.05) is 21.7 Å². The first-order chi connectivity index (χ1) is 16.9. The van der Waals surface area contributed by atoms with Crippen molar-refractivity contribution in [1.82, 2.24) is 0 Å². The summed E-state index contributed by atoms with van der Waals surface area (Å²) in [5.41, 5.74) is 4.62. The van der Waals surface area contributed by atoms with E-state index in [0.29, 0.717) is 27.4 Å². The topological polar surface area (TPSA) is 37.4 Å². The van der Waals surface area contributed by atoms with Gasteiger partial charge >= 0.3 is 0 Å². The molecule has 4 aromatic rings. The summed E-state index contributed by atoms with van der Waals surface area (Å²) in [6.45, 7) is 1.71. The van der Waals surface area contributed by atoms with Gasteiger partial charge in [0.25, 0.3) is 5.91 Å². The first-order valence-electron chi connectivity index (χ1n) is 11.2. The van der Waals surface area contributed by atoms with E-state index in [9.17, 15) is 9.59 Å². The summed E-state index contributed by atoms with van der Waals surface area (Å²) < 4.78 is 15.4. The number of hydrogen-bond acceptors (Lipinski definition) is 2. The second-order valence-electron chi connectivity index (χ2n) is 8.40. The van der Waals surface area contributed by atoms with E-state index in [1.54, 1.807) is 47.4 Å². The Morgan fingerprint density at radius 1 is 0.829 bits per heavy atom. The van der Waals surface area contributed by atoms with Crippen molar-refractivity contribution in [3.8, 4) is 0 Å². The predicted molar refractivity (Wildman–Crippen MR) is 138 cm³/mol. The highest BCUT2D eigenvalue weighted by molar-refractivity contribution is 6.39. The third kappa shape index (κ3) is 4.29. The fourth-order valence-electron chi connectivity index (χ4n) is 4.47. The number of halogens is 2. The first-order valence-corrected chi connectivity index (χ1v) is 11.6. The van der Waals surface area contributed by atoms with Gasteiger partial charge in [-0.2, -0.15) is 0 Å². The molecule has 35 heavy (non-hydrogen) atoms. The van der Waals surface area contributed by atoms with Crippen molar-refractivity contribution in [2.45, 2.75) is 13.5 Å². The van der Waals surface area contributed by atoms with E-state index in [1.165, 1.54) is 13.0 Å². The molecule has 1 aliphatic rings. The standard InChI is InChI=1S/C30H21ClFNO2/c1-19(34)23-10-5-7-20(17-23)18-33-26-12-6-11-25(32)28(26)29(30(33)35)27(21-8-3-2-4-9-21)22-13-15-24(31)16-14-22/h2-17H,18H2,1H3/b29-27+. The molecule has 5 heteroatoms. The number of fused-ring (bicyclic) bond motifs is 1. The van der Waals surface area contributed by atoms with E-state index in [0.717, 1.165) is 16.7 Å². The molecule has 1 amide bonds. The Hall–Kier alpha value is -4.02. The van der Waals surface area contributed by atoms with Crippen LogP contribution in [-0.4, -0.2) is 11.7 Å². The number of ketones is 1. The summed E-state index contributed by atoms with van der Waals surface area (Å²) in [5, 5.41) is 0.572. The molecule has 1 aliphatic heterocycles. The lowest BCUT2D eigenvalue weighted by molar-refractivity contribution is -0.113. The van der Waals surface area contributed by atoms with Crippen LogP contribution < -0.4 is 4.90 Å². The predicted octanol–water partition coefficient (Wildman–Crippen LogP) is 7.19. The van der Waals surface area contributed by atoms with Gasteiger partial charge in [-0.1, -0.05) is 78.3 Å². The van der Waals surface area contributed by atoms with Gasteiger partial charge in [0.1, 0.15) is 5.82 Å². The highest BCUT2D eigenvalue weighted by Gasteiger charge is 2.37. The Morgan fingerprint density at radius 2 is 1.49 bits per heavy atom. The monoisotopic (exact) mass is 481 g/mol. The number of hydrogen-bond donors (Lipinski definition) is 0. The van der Waals surface area contributed by atoms with Crippen molar-refractivity contribution in [2.75, 3.05) is 4.90 Å². The van der Waals surface area contributed by atoms with Crippen LogP contribution in [0, 0.1) is 5.82 Å². The number of Topliss-reactive ketones (excluding diaryl/α,β-unsaturated/α-hetero) is 1. The van der Waals surface area contributed by atoms with E-state index >= 15 is 4.39 Å². The van der Waals surface area contributed by atoms with E-state index in [-0.39, 0.29) is 23.8 Å². The second kappa shape index (κ2) is 9.32. The summed E-state index contributed by atoms with van der Waals surface area (Å²) in [7, 11) is 0. The minimum Gasteiger partial charge on any atom is -0.303 e. The van der Waals surface area contributed by atoms with Gasteiger partial charge in [-0.05, 0) is 53.9 Å². The first kappa shape index (κ1) is 22.8. The van der Waals surface area contributed by atoms with E-state index in [4.69, 9.17) is 11.6 Å². The molecule has 0 aromatic heterocycles. The molecule has 0 saturated heterocycles. The van der Waals surface area contributed by atoms with Gasteiger partial charge in [0.05, 0.1) is 17.8 Å². The summed E-state index contributed by atoms with van der Waals surface area (Å²) in [6.07, 6.45) is 0. The Bertz CT molecular complexity index is 1480. The average molecular weight is 482 g/mol. The molecule has 3 nitrogen and oxygen atoms in total. The number of benzene rings is 4. The number of amides is 1. The Balaban J connectivity index is 1.73. The largest absolute Gasteiger partial charge is 0.303 e. The zero-order valence-corrected chi connectivity index (χ0v) is 19.7. The highest BCUT2D eigenvalue weighted by Crippen LogP contribution is 2.45. The fourth-order valence-corrected chi connectivity index (χ4v) is 4.60. The molecule has 5 rings (SSSR count). The zero-order valence-electron chi connectivity index (χ0n) is 19.0. The maximum absolute atomic E-state index is 15.4. The summed E-state index contributed by atoms with van der Waals surface area (Å²) in [4.78, 5) is 27.5. The van der Waals surface area contributed by atoms with Crippen LogP contribution in [0.4, 0.5) is 10.1 Å². The molecule has 4 aromatic carbocycles. The van der Waals surface area contributed by atoms with Crippen molar-refractivity contribution in [1.29, 1.82) is 0 Å². The minimum absolute atomic E-state index is 0.0549. The molecule has 0 bridgehead atoms. The molecule has 172 valence electrons. The van der Waals surface area contributed by atoms with Crippen molar-refractivity contribution in [3.05, 3.63) is 136 Å². The Kier molecular flexibility index (Phi) is 6.06. The molecule has 0 fully saturated rings. The van der Waals surface area contributed by atoms with E-state index < -0.39 is 5.82 Å². The Morgan fingerprint density at radius 3 is 2.20 bits per heavy atom. The SMILES string of the molecule is CC(=O)c1cccc(CN2C(=O)/C(=C(\c3ccccc3)c3ccc(Cl)cc3)c3c(F)cccc32)c1. The van der Waals surface area contributed by atoms with Crippen LogP contribution in [0.25, 0.3) is 11.1 Å². The maximum atomic E-state index is 15.4. The third-order valence-corrected chi connectivity index (χ3v) is 6.36. The van der Waals surface area contributed by atoms with Gasteiger partial charge < -0.3 is 4.90 Å². The average Bonchev–Trinajstić information content (AvgIpc) is 3.14. The molecular weight excluding hydrogens is 461 g/mol. The number of anilines is 1. The molecule has 1 heterocycles. The van der Waals surface area contributed by atoms with E-state index in [2.05, 4.69) is 0 Å². The molecule has 0 atom stereocenters. The van der Waals surface area contributed by atoms with Gasteiger partial charge in [0.2, 0.25) is 0 Å². The highest BCUT2D eigenvalue weighted by atomic mass is 35.5. The zero-order chi connectivity index (χ0) is 24.5. The third-order valence-electron chi connectivity index (χ3n) is 6.11. The smallest absolute Gasteiger partial charge is 0.260 e. The van der Waals surface area contributed by atoms with Gasteiger partial charge in [-0.15, -0.1) is 0 Å². The van der Waals surface area contributed by atoms with Crippen LogP contribution in [0.2, 0.25) is 5.02 Å². The van der Waals surface area contributed by atoms with Crippen LogP contribution in [0.15, 0.2) is 97.1 Å². The lowest BCUT2D eigenvalue weighted by Gasteiger charge is -2.18. The summed E-state index contributed by atoms with van der Waals surface area (Å²) >= 11 is 6.13. The van der Waals surface area contributed by atoms with Crippen molar-refractivity contribution >= 4 is 40.1 Å².